The molecule has 3 unspecified atom stereocenters. The molecule has 0 aliphatic rings. The van der Waals surface area contributed by atoms with E-state index >= 15 is 0 Å². The van der Waals surface area contributed by atoms with Gasteiger partial charge >= 0.3 is 7.82 Å². The minimum absolute atomic E-state index is 0.0522. The van der Waals surface area contributed by atoms with Crippen LogP contribution >= 0.6 is 7.82 Å². The molecule has 0 saturated carbocycles. The van der Waals surface area contributed by atoms with Gasteiger partial charge in [0.1, 0.15) is 13.2 Å². The first-order valence-corrected chi connectivity index (χ1v) is 30.5. The highest BCUT2D eigenvalue weighted by molar-refractivity contribution is 7.47. The molecule has 0 fully saturated rings. The Morgan fingerprint density at radius 1 is 0.485 bits per heavy atom. The van der Waals surface area contributed by atoms with Crippen LogP contribution in [0.3, 0.4) is 0 Å². The normalized spacial score (nSPS) is 14.3. The second-order valence-corrected chi connectivity index (χ2v) is 22.4. The number of hydrogen-bond acceptors (Lipinski definition) is 5. The molecule has 0 aromatic heterocycles. The summed E-state index contributed by atoms with van der Waals surface area (Å²) < 4.78 is 23.7. The molecule has 0 rings (SSSR count). The molecular formula is C59H114N2O6P+. The van der Waals surface area contributed by atoms with Gasteiger partial charge in [-0.3, -0.25) is 13.8 Å². The third kappa shape index (κ3) is 52.3. The van der Waals surface area contributed by atoms with Gasteiger partial charge in [0.05, 0.1) is 39.9 Å². The highest BCUT2D eigenvalue weighted by Crippen LogP contribution is 2.43. The predicted octanol–water partition coefficient (Wildman–Crippen LogP) is 17.5. The summed E-state index contributed by atoms with van der Waals surface area (Å²) in [7, 11) is 1.55. The van der Waals surface area contributed by atoms with Crippen molar-refractivity contribution in [3.8, 4) is 0 Å². The predicted molar refractivity (Wildman–Crippen MR) is 295 cm³/mol. The third-order valence-electron chi connectivity index (χ3n) is 13.0. The molecule has 400 valence electrons. The molecule has 3 N–H and O–H groups in total. The summed E-state index contributed by atoms with van der Waals surface area (Å²) >= 11 is 0. The average Bonchev–Trinajstić information content (AvgIpc) is 3.30. The molecular weight excluding hydrogens is 864 g/mol. The molecule has 0 aliphatic heterocycles. The number of allylic oxidation sites excluding steroid dienone is 7. The van der Waals surface area contributed by atoms with Crippen LogP contribution in [0.1, 0.15) is 271 Å². The van der Waals surface area contributed by atoms with Gasteiger partial charge in [-0.15, -0.1) is 0 Å². The lowest BCUT2D eigenvalue weighted by Crippen LogP contribution is -2.45. The summed E-state index contributed by atoms with van der Waals surface area (Å²) in [4.78, 5) is 23.3. The first kappa shape index (κ1) is 66.5. The monoisotopic (exact) mass is 978 g/mol. The van der Waals surface area contributed by atoms with Crippen molar-refractivity contribution < 1.29 is 32.9 Å². The smallest absolute Gasteiger partial charge is 0.387 e. The maximum absolute atomic E-state index is 13.0. The number of likely N-dealkylation sites (N-methyl/N-ethyl adjacent to an activating group) is 1. The summed E-state index contributed by atoms with van der Waals surface area (Å²) in [5.41, 5.74) is 0. The van der Waals surface area contributed by atoms with Gasteiger partial charge < -0.3 is 19.8 Å². The van der Waals surface area contributed by atoms with E-state index in [0.717, 1.165) is 44.9 Å². The Morgan fingerprint density at radius 3 is 1.18 bits per heavy atom. The fraction of sp³-hybridized carbons (Fsp3) is 0.847. The van der Waals surface area contributed by atoms with E-state index in [1.165, 1.54) is 205 Å². The number of carbonyl (C=O) groups excluding carboxylic acids is 1. The van der Waals surface area contributed by atoms with Crippen molar-refractivity contribution >= 4 is 13.7 Å². The van der Waals surface area contributed by atoms with Gasteiger partial charge in [-0.2, -0.15) is 0 Å². The number of rotatable bonds is 53. The molecule has 0 spiro atoms. The van der Waals surface area contributed by atoms with Crippen LogP contribution in [-0.2, 0) is 18.4 Å². The first-order valence-electron chi connectivity index (χ1n) is 29.0. The molecule has 1 amide bonds. The van der Waals surface area contributed by atoms with Crippen LogP contribution in [0.5, 0.6) is 0 Å². The van der Waals surface area contributed by atoms with E-state index in [1.54, 1.807) is 6.08 Å². The Balaban J connectivity index is 4.30. The van der Waals surface area contributed by atoms with Crippen LogP contribution in [0, 0.1) is 0 Å². The van der Waals surface area contributed by atoms with Crippen molar-refractivity contribution in [2.24, 2.45) is 0 Å². The van der Waals surface area contributed by atoms with Gasteiger partial charge in [-0.25, -0.2) is 4.57 Å². The van der Waals surface area contributed by atoms with Crippen LogP contribution in [-0.4, -0.2) is 73.4 Å². The van der Waals surface area contributed by atoms with Gasteiger partial charge in [0.25, 0.3) is 0 Å². The largest absolute Gasteiger partial charge is 0.472 e. The number of aliphatic hydroxyl groups is 1. The molecule has 0 saturated heterocycles. The highest BCUT2D eigenvalue weighted by Gasteiger charge is 2.27. The molecule has 68 heavy (non-hydrogen) atoms. The Morgan fingerprint density at radius 2 is 0.809 bits per heavy atom. The summed E-state index contributed by atoms with van der Waals surface area (Å²) in [6.45, 7) is 4.81. The van der Waals surface area contributed by atoms with E-state index in [0.29, 0.717) is 17.4 Å². The van der Waals surface area contributed by atoms with Crippen molar-refractivity contribution in [2.45, 2.75) is 283 Å². The Hall–Kier alpha value is -1.54. The van der Waals surface area contributed by atoms with Gasteiger partial charge in [0, 0.05) is 6.42 Å². The number of hydrogen-bond donors (Lipinski definition) is 3. The summed E-state index contributed by atoms with van der Waals surface area (Å²) in [6.07, 6.45) is 66.5. The fourth-order valence-electron chi connectivity index (χ4n) is 8.42. The van der Waals surface area contributed by atoms with Gasteiger partial charge in [0.2, 0.25) is 5.91 Å². The molecule has 8 nitrogen and oxygen atoms in total. The summed E-state index contributed by atoms with van der Waals surface area (Å²) in [6, 6.07) is -0.873. The van der Waals surface area contributed by atoms with E-state index in [4.69, 9.17) is 9.05 Å². The second kappa shape index (κ2) is 50.4. The number of phosphoric ester groups is 1. The number of nitrogens with one attached hydrogen (secondary N) is 1. The number of carbonyl (C=O) groups is 1. The van der Waals surface area contributed by atoms with Crippen molar-refractivity contribution in [2.75, 3.05) is 40.9 Å². The van der Waals surface area contributed by atoms with E-state index in [-0.39, 0.29) is 19.1 Å². The molecule has 0 aliphatic carbocycles. The Kier molecular flexibility index (Phi) is 49.3. The lowest BCUT2D eigenvalue weighted by atomic mass is 10.0. The van der Waals surface area contributed by atoms with Gasteiger partial charge in [0.15, 0.2) is 0 Å². The van der Waals surface area contributed by atoms with Crippen molar-refractivity contribution in [1.82, 2.24) is 5.32 Å². The third-order valence-corrected chi connectivity index (χ3v) is 14.0. The Labute approximate surface area is 422 Å². The quantitative estimate of drug-likeness (QED) is 0.0243. The minimum Gasteiger partial charge on any atom is -0.387 e. The molecule has 3 atom stereocenters. The molecule has 0 aromatic carbocycles. The lowest BCUT2D eigenvalue weighted by Gasteiger charge is -2.25. The molecule has 0 bridgehead atoms. The maximum Gasteiger partial charge on any atom is 0.472 e. The number of aliphatic hydroxyl groups excluding tert-OH is 1. The molecule has 0 heterocycles. The van der Waals surface area contributed by atoms with E-state index in [2.05, 4.69) is 55.6 Å². The van der Waals surface area contributed by atoms with Crippen molar-refractivity contribution in [1.29, 1.82) is 0 Å². The SMILES string of the molecule is CCCCCCCCCCCCC/C=C\CCCCCCCCCC(=O)NC(COP(=O)(O)OCC[N+](C)(C)C)C(O)/C=C/CC/C=C/CC/C=C/CCCCCCCCCCCCCCCC. The van der Waals surface area contributed by atoms with E-state index in [9.17, 15) is 19.4 Å². The van der Waals surface area contributed by atoms with Crippen LogP contribution in [0.2, 0.25) is 0 Å². The number of nitrogens with zero attached hydrogens (tertiary/aromatic N) is 1. The number of amides is 1. The molecule has 9 heteroatoms. The summed E-state index contributed by atoms with van der Waals surface area (Å²) in [5, 5.41) is 13.9. The lowest BCUT2D eigenvalue weighted by molar-refractivity contribution is -0.870. The maximum atomic E-state index is 13.0. The zero-order valence-corrected chi connectivity index (χ0v) is 46.5. The Bertz CT molecular complexity index is 1250. The zero-order valence-electron chi connectivity index (χ0n) is 45.6. The number of quaternary nitrogens is 1. The minimum atomic E-state index is -4.36. The van der Waals surface area contributed by atoms with Crippen molar-refractivity contribution in [3.05, 3.63) is 48.6 Å². The number of phosphoric acid groups is 1. The average molecular weight is 979 g/mol. The van der Waals surface area contributed by atoms with Crippen LogP contribution in [0.4, 0.5) is 0 Å². The zero-order chi connectivity index (χ0) is 49.9. The number of unbranched alkanes of at least 4 members (excludes halogenated alkanes) is 34. The van der Waals surface area contributed by atoms with Crippen molar-refractivity contribution in [3.63, 3.8) is 0 Å². The topological polar surface area (TPSA) is 105 Å². The van der Waals surface area contributed by atoms with Gasteiger partial charge in [-0.1, -0.05) is 242 Å². The van der Waals surface area contributed by atoms with E-state index in [1.807, 2.05) is 27.2 Å². The van der Waals surface area contributed by atoms with E-state index < -0.39 is 20.0 Å². The summed E-state index contributed by atoms with van der Waals surface area (Å²) in [5.74, 6) is -0.193. The van der Waals surface area contributed by atoms with Crippen LogP contribution < -0.4 is 5.32 Å². The van der Waals surface area contributed by atoms with Gasteiger partial charge in [-0.05, 0) is 70.6 Å². The fourth-order valence-corrected chi connectivity index (χ4v) is 9.16. The first-order chi connectivity index (χ1) is 33.0. The van der Waals surface area contributed by atoms with Crippen LogP contribution in [0.15, 0.2) is 48.6 Å². The highest BCUT2D eigenvalue weighted by atomic mass is 31.2. The molecule has 0 aromatic rings. The standard InChI is InChI=1S/C59H113N2O6P/c1-6-8-10-12-14-16-18-20-22-24-26-28-30-31-32-34-36-38-40-42-44-46-48-50-52-58(62)57(56-67-68(64,65)66-55-54-61(3,4)5)60-59(63)53-51-49-47-45-43-41-39-37-35-33-29-27-25-23-21-19-17-15-13-11-9-7-2/h33-36,42,44,50,52,57-58,62H,6-32,37-41,43,45-49,51,53-56H2,1-5H3,(H-,60,63,64,65)/p+1/b35-33-,36-34+,44-42+,52-50+. The van der Waals surface area contributed by atoms with Crippen LogP contribution in [0.25, 0.3) is 0 Å². The molecule has 0 radical (unpaired) electrons. The second-order valence-electron chi connectivity index (χ2n) is 21.0.